The highest BCUT2D eigenvalue weighted by Gasteiger charge is 2.36. The Labute approximate surface area is 114 Å². The maximum atomic E-state index is 11.4. The Kier molecular flexibility index (Phi) is 4.27. The number of aryl methyl sites for hydroxylation is 1. The molecule has 1 aromatic heterocycles. The van der Waals surface area contributed by atoms with E-state index in [1.54, 1.807) is 4.68 Å². The third kappa shape index (κ3) is 3.37. The molecular weight excluding hydrogens is 240 g/mol. The summed E-state index contributed by atoms with van der Waals surface area (Å²) in [5.41, 5.74) is 1.02. The lowest BCUT2D eigenvalue weighted by Gasteiger charge is -2.35. The Hall–Kier alpha value is -1.32. The molecular formula is C15H24N2O2. The lowest BCUT2D eigenvalue weighted by atomic mass is 9.69. The molecule has 106 valence electrons. The van der Waals surface area contributed by atoms with E-state index in [4.69, 9.17) is 0 Å². The third-order valence-electron chi connectivity index (χ3n) is 4.52. The third-order valence-corrected chi connectivity index (χ3v) is 4.52. The minimum atomic E-state index is -0.636. The Morgan fingerprint density at radius 1 is 1.53 bits per heavy atom. The van der Waals surface area contributed by atoms with Gasteiger partial charge in [0, 0.05) is 13.2 Å². The molecule has 2 rings (SSSR count). The Balaban J connectivity index is 2.09. The summed E-state index contributed by atoms with van der Waals surface area (Å²) >= 11 is 0. The molecule has 1 saturated carbocycles. The molecule has 0 aromatic carbocycles. The van der Waals surface area contributed by atoms with Crippen molar-refractivity contribution >= 4 is 5.97 Å². The number of aromatic nitrogens is 2. The highest BCUT2D eigenvalue weighted by Crippen LogP contribution is 2.39. The lowest BCUT2D eigenvalue weighted by molar-refractivity contribution is -0.145. The largest absolute Gasteiger partial charge is 0.481 e. The lowest BCUT2D eigenvalue weighted by Crippen LogP contribution is -2.33. The second-order valence-electron chi connectivity index (χ2n) is 6.21. The first kappa shape index (κ1) is 14.1. The zero-order valence-electron chi connectivity index (χ0n) is 12.0. The number of hydrogen-bond acceptors (Lipinski definition) is 2. The first-order valence-corrected chi connectivity index (χ1v) is 7.18. The summed E-state index contributed by atoms with van der Waals surface area (Å²) in [5.74, 6) is 0.694. The molecule has 1 fully saturated rings. The van der Waals surface area contributed by atoms with Crippen LogP contribution in [0.4, 0.5) is 0 Å². The van der Waals surface area contributed by atoms with E-state index >= 15 is 0 Å². The summed E-state index contributed by atoms with van der Waals surface area (Å²) < 4.78 is 1.79. The Morgan fingerprint density at radius 3 is 2.79 bits per heavy atom. The normalized spacial score (nSPS) is 27.7. The summed E-state index contributed by atoms with van der Waals surface area (Å²) in [7, 11) is 1.90. The van der Waals surface area contributed by atoms with Crippen LogP contribution in [0.25, 0.3) is 0 Å². The van der Waals surface area contributed by atoms with Crippen molar-refractivity contribution in [2.45, 2.75) is 39.5 Å². The number of nitrogens with zero attached hydrogens (tertiary/aromatic N) is 2. The van der Waals surface area contributed by atoms with Crippen LogP contribution in [0.2, 0.25) is 0 Å². The van der Waals surface area contributed by atoms with Crippen LogP contribution in [0.1, 0.15) is 38.8 Å². The first-order valence-electron chi connectivity index (χ1n) is 7.18. The fourth-order valence-electron chi connectivity index (χ4n) is 3.30. The number of carbonyl (C=O) groups is 1. The summed E-state index contributed by atoms with van der Waals surface area (Å²) in [5, 5.41) is 13.8. The smallest absolute Gasteiger partial charge is 0.306 e. The van der Waals surface area contributed by atoms with E-state index in [1.165, 1.54) is 0 Å². The maximum absolute atomic E-state index is 11.4. The number of rotatable bonds is 4. The SMILES string of the molecule is CC(C)C1CCC(C(=O)O)C(Cc2ccn(C)n2)C1. The molecule has 0 bridgehead atoms. The van der Waals surface area contributed by atoms with Gasteiger partial charge in [-0.3, -0.25) is 9.48 Å². The van der Waals surface area contributed by atoms with Crippen molar-refractivity contribution in [2.24, 2.45) is 30.7 Å². The van der Waals surface area contributed by atoms with Gasteiger partial charge in [-0.1, -0.05) is 13.8 Å². The zero-order chi connectivity index (χ0) is 14.0. The van der Waals surface area contributed by atoms with Crippen molar-refractivity contribution in [1.29, 1.82) is 0 Å². The Morgan fingerprint density at radius 2 is 2.26 bits per heavy atom. The molecule has 0 spiro atoms. The average Bonchev–Trinajstić information content (AvgIpc) is 2.74. The van der Waals surface area contributed by atoms with E-state index in [0.29, 0.717) is 11.8 Å². The van der Waals surface area contributed by atoms with Gasteiger partial charge in [0.1, 0.15) is 0 Å². The van der Waals surface area contributed by atoms with Gasteiger partial charge >= 0.3 is 5.97 Å². The predicted octanol–water partition coefficient (Wildman–Crippen LogP) is 2.74. The number of aliphatic carboxylic acids is 1. The van der Waals surface area contributed by atoms with Crippen LogP contribution in [0, 0.1) is 23.7 Å². The summed E-state index contributed by atoms with van der Waals surface area (Å²) in [6, 6.07) is 2.00. The number of hydrogen-bond donors (Lipinski definition) is 1. The highest BCUT2D eigenvalue weighted by molar-refractivity contribution is 5.70. The van der Waals surface area contributed by atoms with Crippen LogP contribution < -0.4 is 0 Å². The van der Waals surface area contributed by atoms with Gasteiger partial charge in [-0.15, -0.1) is 0 Å². The molecule has 1 aromatic rings. The zero-order valence-corrected chi connectivity index (χ0v) is 12.0. The molecule has 4 heteroatoms. The van der Waals surface area contributed by atoms with Crippen molar-refractivity contribution < 1.29 is 9.90 Å². The first-order chi connectivity index (χ1) is 8.97. The molecule has 1 heterocycles. The van der Waals surface area contributed by atoms with Gasteiger partial charge in [0.25, 0.3) is 0 Å². The van der Waals surface area contributed by atoms with E-state index in [0.717, 1.165) is 31.4 Å². The van der Waals surface area contributed by atoms with Gasteiger partial charge in [0.2, 0.25) is 0 Å². The molecule has 0 saturated heterocycles. The molecule has 0 aliphatic heterocycles. The van der Waals surface area contributed by atoms with Gasteiger partial charge in [-0.25, -0.2) is 0 Å². The summed E-state index contributed by atoms with van der Waals surface area (Å²) in [6.07, 6.45) is 5.60. The molecule has 1 aliphatic rings. The molecule has 1 aliphatic carbocycles. The molecule has 0 amide bonds. The molecule has 0 radical (unpaired) electrons. The van der Waals surface area contributed by atoms with Gasteiger partial charge in [0.05, 0.1) is 11.6 Å². The fraction of sp³-hybridized carbons (Fsp3) is 0.733. The predicted molar refractivity (Wildman–Crippen MR) is 73.7 cm³/mol. The van der Waals surface area contributed by atoms with E-state index < -0.39 is 5.97 Å². The number of carboxylic acid groups (broad SMARTS) is 1. The second-order valence-corrected chi connectivity index (χ2v) is 6.21. The minimum absolute atomic E-state index is 0.197. The molecule has 4 nitrogen and oxygen atoms in total. The van der Waals surface area contributed by atoms with Crippen LogP contribution in [0.5, 0.6) is 0 Å². The summed E-state index contributed by atoms with van der Waals surface area (Å²) in [6.45, 7) is 4.48. The topological polar surface area (TPSA) is 55.1 Å². The van der Waals surface area contributed by atoms with Crippen molar-refractivity contribution in [3.63, 3.8) is 0 Å². The van der Waals surface area contributed by atoms with Crippen LogP contribution in [0.15, 0.2) is 12.3 Å². The van der Waals surface area contributed by atoms with Crippen LogP contribution in [-0.2, 0) is 18.3 Å². The molecule has 3 unspecified atom stereocenters. The molecule has 1 N–H and O–H groups in total. The summed E-state index contributed by atoms with van der Waals surface area (Å²) in [4.78, 5) is 11.4. The Bertz CT molecular complexity index is 439. The van der Waals surface area contributed by atoms with Crippen molar-refractivity contribution in [2.75, 3.05) is 0 Å². The quantitative estimate of drug-likeness (QED) is 0.909. The van der Waals surface area contributed by atoms with Crippen molar-refractivity contribution in [3.8, 4) is 0 Å². The maximum Gasteiger partial charge on any atom is 0.306 e. The fourth-order valence-corrected chi connectivity index (χ4v) is 3.30. The van der Waals surface area contributed by atoms with Crippen LogP contribution in [0.3, 0.4) is 0 Å². The number of carboxylic acids is 1. The van der Waals surface area contributed by atoms with Crippen molar-refractivity contribution in [1.82, 2.24) is 9.78 Å². The average molecular weight is 264 g/mol. The van der Waals surface area contributed by atoms with E-state index in [9.17, 15) is 9.90 Å². The van der Waals surface area contributed by atoms with Crippen LogP contribution in [-0.4, -0.2) is 20.9 Å². The van der Waals surface area contributed by atoms with E-state index in [1.807, 2.05) is 19.3 Å². The second kappa shape index (κ2) is 5.76. The van der Waals surface area contributed by atoms with E-state index in [-0.39, 0.29) is 11.8 Å². The highest BCUT2D eigenvalue weighted by atomic mass is 16.4. The van der Waals surface area contributed by atoms with Crippen molar-refractivity contribution in [3.05, 3.63) is 18.0 Å². The minimum Gasteiger partial charge on any atom is -0.481 e. The monoisotopic (exact) mass is 264 g/mol. The van der Waals surface area contributed by atoms with E-state index in [2.05, 4.69) is 18.9 Å². The van der Waals surface area contributed by atoms with Gasteiger partial charge in [-0.05, 0) is 49.5 Å². The molecule has 19 heavy (non-hydrogen) atoms. The standard InChI is InChI=1S/C15H24N2O2/c1-10(2)11-4-5-14(15(18)19)12(8-11)9-13-6-7-17(3)16-13/h6-7,10-12,14H,4-5,8-9H2,1-3H3,(H,18,19). The van der Waals surface area contributed by atoms with Crippen LogP contribution >= 0.6 is 0 Å². The van der Waals surface area contributed by atoms with Gasteiger partial charge < -0.3 is 5.11 Å². The molecule has 3 atom stereocenters. The van der Waals surface area contributed by atoms with Gasteiger partial charge in [-0.2, -0.15) is 5.10 Å². The van der Waals surface area contributed by atoms with Gasteiger partial charge in [0.15, 0.2) is 0 Å².